The van der Waals surface area contributed by atoms with E-state index in [1.807, 2.05) is 22.9 Å². The molecule has 0 spiro atoms. The molecule has 5 heteroatoms. The lowest BCUT2D eigenvalue weighted by atomic mass is 11.0. The fraction of sp³-hybridized carbons (Fsp3) is 0.500. The molecule has 0 bridgehead atoms. The molecule has 2 amide bonds. The number of rotatable bonds is 2. The first-order chi connectivity index (χ1) is 3.27. The average Bonchev–Trinajstić information content (AvgIpc) is 1.61. The monoisotopic (exact) mass is 215 g/mol. The first kappa shape index (κ1) is 6.96. The van der Waals surface area contributed by atoms with Crippen LogP contribution < -0.4 is 14.6 Å². The summed E-state index contributed by atoms with van der Waals surface area (Å²) in [7, 11) is 0. The number of halogens is 1. The van der Waals surface area contributed by atoms with Gasteiger partial charge < -0.3 is 11.1 Å². The van der Waals surface area contributed by atoms with E-state index in [4.69, 9.17) is 0 Å². The van der Waals surface area contributed by atoms with E-state index < -0.39 is 6.03 Å². The Morgan fingerprint density at radius 2 is 2.43 bits per heavy atom. The Bertz CT molecular complexity index is 66.0. The van der Waals surface area contributed by atoms with Gasteiger partial charge in [-0.1, -0.05) is 0 Å². The number of carbonyl (C=O) groups excluding carboxylic acids is 1. The largest absolute Gasteiger partial charge is 0.352 e. The minimum absolute atomic E-state index is 0.413. The summed E-state index contributed by atoms with van der Waals surface area (Å²) < 4.78 is 2.66. The molecule has 4 nitrogen and oxygen atoms in total. The minimum atomic E-state index is -0.510. The van der Waals surface area contributed by atoms with Crippen LogP contribution in [0.3, 0.4) is 0 Å². The Kier molecular flexibility index (Phi) is 4.10. The predicted molar refractivity (Wildman–Crippen MR) is 34.7 cm³/mol. The molecule has 0 aliphatic heterocycles. The zero-order valence-electron chi connectivity index (χ0n) is 3.57. The zero-order chi connectivity index (χ0) is 5.70. The summed E-state index contributed by atoms with van der Waals surface area (Å²) in [6, 6.07) is -0.510. The van der Waals surface area contributed by atoms with Gasteiger partial charge in [0.1, 0.15) is 0 Å². The summed E-state index contributed by atoms with van der Waals surface area (Å²) in [5, 5.41) is 2.32. The molecule has 0 rings (SSSR count). The second-order valence-corrected chi connectivity index (χ2v) is 1.61. The number of hydrogen-bond donors (Lipinski definition) is 3. The number of primary amides is 1. The van der Waals surface area contributed by atoms with Crippen molar-refractivity contribution in [3.8, 4) is 0 Å². The van der Waals surface area contributed by atoms with Crippen LogP contribution in [0.1, 0.15) is 0 Å². The molecule has 0 saturated heterocycles. The Labute approximate surface area is 55.3 Å². The van der Waals surface area contributed by atoms with Gasteiger partial charge in [0.15, 0.2) is 0 Å². The first-order valence-corrected chi connectivity index (χ1v) is 2.72. The van der Waals surface area contributed by atoms with Gasteiger partial charge in [-0.2, -0.15) is 0 Å². The van der Waals surface area contributed by atoms with E-state index >= 15 is 0 Å². The van der Waals surface area contributed by atoms with Crippen molar-refractivity contribution in [3.63, 3.8) is 0 Å². The van der Waals surface area contributed by atoms with Crippen LogP contribution in [0.15, 0.2) is 0 Å². The highest BCUT2D eigenvalue weighted by Gasteiger charge is 1.83. The van der Waals surface area contributed by atoms with Crippen molar-refractivity contribution >= 4 is 28.9 Å². The first-order valence-electron chi connectivity index (χ1n) is 1.64. The van der Waals surface area contributed by atoms with Crippen LogP contribution in [0.5, 0.6) is 0 Å². The van der Waals surface area contributed by atoms with Crippen LogP contribution in [0.4, 0.5) is 4.79 Å². The number of amides is 2. The molecule has 0 unspecified atom stereocenters. The SMILES string of the molecule is NC(=O)NCNI. The molecule has 7 heavy (non-hydrogen) atoms. The molecule has 0 fully saturated rings. The fourth-order valence-electron chi connectivity index (χ4n) is 0.121. The number of nitrogens with one attached hydrogen (secondary N) is 2. The van der Waals surface area contributed by atoms with Gasteiger partial charge in [0.25, 0.3) is 0 Å². The van der Waals surface area contributed by atoms with Crippen molar-refractivity contribution in [3.05, 3.63) is 0 Å². The van der Waals surface area contributed by atoms with E-state index in [-0.39, 0.29) is 0 Å². The lowest BCUT2D eigenvalue weighted by Gasteiger charge is -1.94. The normalized spacial score (nSPS) is 8.14. The summed E-state index contributed by atoms with van der Waals surface area (Å²) in [4.78, 5) is 9.83. The fourth-order valence-corrected chi connectivity index (χ4v) is 0.311. The summed E-state index contributed by atoms with van der Waals surface area (Å²) in [5.41, 5.74) is 4.69. The Hall–Kier alpha value is -0.0400. The second-order valence-electron chi connectivity index (χ2n) is 0.851. The van der Waals surface area contributed by atoms with E-state index in [1.165, 1.54) is 0 Å². The Morgan fingerprint density at radius 1 is 1.86 bits per heavy atom. The van der Waals surface area contributed by atoms with E-state index in [9.17, 15) is 4.79 Å². The topological polar surface area (TPSA) is 67.2 Å². The lowest BCUT2D eigenvalue weighted by Crippen LogP contribution is -2.33. The molecule has 0 radical (unpaired) electrons. The highest BCUT2D eigenvalue weighted by atomic mass is 127. The molecule has 42 valence electrons. The summed E-state index contributed by atoms with van der Waals surface area (Å²) in [6.45, 7) is 0.413. The predicted octanol–water partition coefficient (Wildman–Crippen LogP) is -0.448. The third-order valence-corrected chi connectivity index (χ3v) is 0.711. The van der Waals surface area contributed by atoms with Gasteiger partial charge in [-0.15, -0.1) is 0 Å². The Balaban J connectivity index is 2.82. The number of hydrogen-bond acceptors (Lipinski definition) is 2. The third kappa shape index (κ3) is 5.96. The van der Waals surface area contributed by atoms with Crippen molar-refractivity contribution in [1.29, 1.82) is 0 Å². The number of carbonyl (C=O) groups is 1. The highest BCUT2D eigenvalue weighted by Crippen LogP contribution is 1.61. The van der Waals surface area contributed by atoms with Gasteiger partial charge in [-0.25, -0.2) is 8.32 Å². The lowest BCUT2D eigenvalue weighted by molar-refractivity contribution is 0.249. The quantitative estimate of drug-likeness (QED) is 0.332. The van der Waals surface area contributed by atoms with Crippen molar-refractivity contribution < 1.29 is 4.79 Å². The van der Waals surface area contributed by atoms with Gasteiger partial charge in [-0.05, 0) is 0 Å². The maximum absolute atomic E-state index is 9.83. The maximum Gasteiger partial charge on any atom is 0.313 e. The van der Waals surface area contributed by atoms with E-state index in [2.05, 4.69) is 14.6 Å². The second kappa shape index (κ2) is 4.13. The average molecular weight is 215 g/mol. The van der Waals surface area contributed by atoms with Crippen LogP contribution in [-0.4, -0.2) is 12.7 Å². The van der Waals surface area contributed by atoms with Gasteiger partial charge >= 0.3 is 6.03 Å². The molecular weight excluding hydrogens is 209 g/mol. The molecule has 0 atom stereocenters. The van der Waals surface area contributed by atoms with Gasteiger partial charge in [0, 0.05) is 22.9 Å². The van der Waals surface area contributed by atoms with Crippen LogP contribution in [0, 0.1) is 0 Å². The smallest absolute Gasteiger partial charge is 0.313 e. The van der Waals surface area contributed by atoms with E-state index in [1.54, 1.807) is 0 Å². The third-order valence-electron chi connectivity index (χ3n) is 0.329. The molecule has 0 aromatic heterocycles. The van der Waals surface area contributed by atoms with Crippen molar-refractivity contribution in [1.82, 2.24) is 8.85 Å². The van der Waals surface area contributed by atoms with E-state index in [0.717, 1.165) is 0 Å². The van der Waals surface area contributed by atoms with Crippen molar-refractivity contribution in [2.45, 2.75) is 0 Å². The molecule has 4 N–H and O–H groups in total. The number of nitrogens with two attached hydrogens (primary N) is 1. The zero-order valence-corrected chi connectivity index (χ0v) is 5.73. The van der Waals surface area contributed by atoms with Crippen LogP contribution in [-0.2, 0) is 0 Å². The molecule has 0 aromatic rings. The van der Waals surface area contributed by atoms with Gasteiger partial charge in [-0.3, -0.25) is 0 Å². The molecular formula is C2H6IN3O. The molecule has 0 aromatic carbocycles. The molecule has 0 aliphatic rings. The maximum atomic E-state index is 9.83. The van der Waals surface area contributed by atoms with Gasteiger partial charge in [0.2, 0.25) is 0 Å². The van der Waals surface area contributed by atoms with E-state index in [0.29, 0.717) is 6.67 Å². The summed E-state index contributed by atoms with van der Waals surface area (Å²) >= 11 is 1.90. The van der Waals surface area contributed by atoms with Crippen LogP contribution in [0.25, 0.3) is 0 Å². The molecule has 0 saturated carbocycles. The molecule has 0 aliphatic carbocycles. The summed E-state index contributed by atoms with van der Waals surface area (Å²) in [6.07, 6.45) is 0. The van der Waals surface area contributed by atoms with Crippen molar-refractivity contribution in [2.24, 2.45) is 5.73 Å². The summed E-state index contributed by atoms with van der Waals surface area (Å²) in [5.74, 6) is 0. The Morgan fingerprint density at radius 3 is 2.57 bits per heavy atom. The highest BCUT2D eigenvalue weighted by molar-refractivity contribution is 14.1. The van der Waals surface area contributed by atoms with Crippen molar-refractivity contribution in [2.75, 3.05) is 6.67 Å². The minimum Gasteiger partial charge on any atom is -0.352 e. The van der Waals surface area contributed by atoms with Crippen LogP contribution >= 0.6 is 22.9 Å². The molecule has 0 heterocycles. The van der Waals surface area contributed by atoms with Gasteiger partial charge in [0.05, 0.1) is 6.67 Å². The standard InChI is InChI=1S/C2H6IN3O/c3-6-1-5-2(4)7/h6H,1H2,(H3,4,5,7). The van der Waals surface area contributed by atoms with Crippen LogP contribution in [0.2, 0.25) is 0 Å². The number of urea groups is 1.